The van der Waals surface area contributed by atoms with Gasteiger partial charge in [0.05, 0.1) is 0 Å². The Hall–Kier alpha value is -1.06. The Morgan fingerprint density at radius 1 is 1.33 bits per heavy atom. The molecule has 3 nitrogen and oxygen atoms in total. The summed E-state index contributed by atoms with van der Waals surface area (Å²) < 4.78 is 0. The Bertz CT molecular complexity index is 341. The van der Waals surface area contributed by atoms with Gasteiger partial charge in [-0.1, -0.05) is 18.2 Å². The first-order valence-corrected chi connectivity index (χ1v) is 6.60. The van der Waals surface area contributed by atoms with Crippen LogP contribution in [0, 0.1) is 0 Å². The molecule has 0 saturated heterocycles. The van der Waals surface area contributed by atoms with Gasteiger partial charge in [-0.3, -0.25) is 0 Å². The fourth-order valence-electron chi connectivity index (χ4n) is 1.48. The van der Waals surface area contributed by atoms with E-state index >= 15 is 0 Å². The quantitative estimate of drug-likeness (QED) is 0.439. The lowest BCUT2D eigenvalue weighted by atomic mass is 10.0. The van der Waals surface area contributed by atoms with Crippen LogP contribution in [0.15, 0.2) is 40.7 Å². The van der Waals surface area contributed by atoms with E-state index in [2.05, 4.69) is 4.99 Å². The van der Waals surface area contributed by atoms with E-state index in [1.807, 2.05) is 57.1 Å². The second-order valence-electron chi connectivity index (χ2n) is 4.04. The standard InChI is InChI=1S/C14H24ClN3/c1-5-7-12(10-11-15)13(16)8-9-14(17-6-2)18(3)4/h5-7,9-10,13H,8,11,16H2,1-4H3/b7-5-,12-10+,14-9+,17-6?. The van der Waals surface area contributed by atoms with E-state index in [-0.39, 0.29) is 6.04 Å². The Morgan fingerprint density at radius 3 is 2.44 bits per heavy atom. The van der Waals surface area contributed by atoms with Gasteiger partial charge in [0, 0.05) is 32.2 Å². The summed E-state index contributed by atoms with van der Waals surface area (Å²) in [4.78, 5) is 6.26. The van der Waals surface area contributed by atoms with Crippen molar-refractivity contribution in [3.63, 3.8) is 0 Å². The van der Waals surface area contributed by atoms with Gasteiger partial charge < -0.3 is 10.6 Å². The number of halogens is 1. The average Bonchev–Trinajstić information content (AvgIpc) is 2.33. The molecule has 0 saturated carbocycles. The predicted molar refractivity (Wildman–Crippen MR) is 82.1 cm³/mol. The number of nitrogens with two attached hydrogens (primary N) is 1. The molecule has 0 aromatic carbocycles. The lowest BCUT2D eigenvalue weighted by Crippen LogP contribution is -2.22. The highest BCUT2D eigenvalue weighted by Gasteiger charge is 2.06. The summed E-state index contributed by atoms with van der Waals surface area (Å²) in [6.07, 6.45) is 10.5. The van der Waals surface area contributed by atoms with E-state index in [9.17, 15) is 0 Å². The first-order chi connectivity index (χ1) is 8.56. The van der Waals surface area contributed by atoms with Crippen LogP contribution >= 0.6 is 11.6 Å². The maximum absolute atomic E-state index is 6.14. The highest BCUT2D eigenvalue weighted by Crippen LogP contribution is 2.10. The molecule has 0 bridgehead atoms. The summed E-state index contributed by atoms with van der Waals surface area (Å²) in [6, 6.07) is -0.0537. The normalized spacial score (nSPS) is 15.7. The predicted octanol–water partition coefficient (Wildman–Crippen LogP) is 2.94. The summed E-state index contributed by atoms with van der Waals surface area (Å²) in [5, 5.41) is 0. The van der Waals surface area contributed by atoms with E-state index in [0.29, 0.717) is 5.88 Å². The van der Waals surface area contributed by atoms with Crippen LogP contribution < -0.4 is 5.73 Å². The van der Waals surface area contributed by atoms with Gasteiger partial charge in [-0.05, 0) is 31.9 Å². The molecule has 102 valence electrons. The van der Waals surface area contributed by atoms with Crippen molar-refractivity contribution >= 4 is 17.8 Å². The fourth-order valence-corrected chi connectivity index (χ4v) is 1.65. The van der Waals surface area contributed by atoms with Crippen LogP contribution in [0.5, 0.6) is 0 Å². The highest BCUT2D eigenvalue weighted by molar-refractivity contribution is 6.19. The van der Waals surface area contributed by atoms with Crippen LogP contribution in [-0.2, 0) is 0 Å². The molecule has 0 aliphatic heterocycles. The lowest BCUT2D eigenvalue weighted by Gasteiger charge is -2.15. The Kier molecular flexibility index (Phi) is 9.33. The van der Waals surface area contributed by atoms with Crippen molar-refractivity contribution in [2.75, 3.05) is 20.0 Å². The summed E-state index contributed by atoms with van der Waals surface area (Å²) in [5.41, 5.74) is 7.20. The van der Waals surface area contributed by atoms with Gasteiger partial charge in [0.2, 0.25) is 0 Å². The number of rotatable bonds is 7. The Labute approximate surface area is 116 Å². The maximum Gasteiger partial charge on any atom is 0.123 e. The van der Waals surface area contributed by atoms with Gasteiger partial charge >= 0.3 is 0 Å². The van der Waals surface area contributed by atoms with Crippen molar-refractivity contribution in [2.45, 2.75) is 26.3 Å². The SMILES string of the molecule is CC=N/C(=C\CC(N)C(/C=C\C)=C/CCl)N(C)C. The molecule has 0 aliphatic carbocycles. The number of alkyl halides is 1. The van der Waals surface area contributed by atoms with Crippen LogP contribution in [0.1, 0.15) is 20.3 Å². The number of hydrogen-bond donors (Lipinski definition) is 1. The third-order valence-corrected chi connectivity index (χ3v) is 2.53. The molecular weight excluding hydrogens is 246 g/mol. The zero-order chi connectivity index (χ0) is 14.0. The van der Waals surface area contributed by atoms with Crippen LogP contribution in [-0.4, -0.2) is 37.1 Å². The molecule has 0 fully saturated rings. The Balaban J connectivity index is 4.76. The van der Waals surface area contributed by atoms with Gasteiger partial charge in [-0.15, -0.1) is 11.6 Å². The summed E-state index contributed by atoms with van der Waals surface area (Å²) in [5.74, 6) is 1.39. The number of aliphatic imine (C=N–C) groups is 1. The molecule has 0 rings (SSSR count). The van der Waals surface area contributed by atoms with E-state index in [1.165, 1.54) is 0 Å². The number of nitrogens with zero attached hydrogens (tertiary/aromatic N) is 2. The zero-order valence-electron chi connectivity index (χ0n) is 11.7. The largest absolute Gasteiger partial charge is 0.363 e. The molecule has 4 heteroatoms. The minimum atomic E-state index is -0.0537. The summed E-state index contributed by atoms with van der Waals surface area (Å²) in [6.45, 7) is 3.87. The zero-order valence-corrected chi connectivity index (χ0v) is 12.5. The van der Waals surface area contributed by atoms with Gasteiger partial charge in [0.15, 0.2) is 0 Å². The molecule has 1 atom stereocenters. The smallest absolute Gasteiger partial charge is 0.123 e. The fraction of sp³-hybridized carbons (Fsp3) is 0.500. The van der Waals surface area contributed by atoms with Gasteiger partial charge in [-0.25, -0.2) is 4.99 Å². The van der Waals surface area contributed by atoms with Crippen molar-refractivity contribution in [1.29, 1.82) is 0 Å². The molecule has 18 heavy (non-hydrogen) atoms. The lowest BCUT2D eigenvalue weighted by molar-refractivity contribution is 0.502. The molecule has 0 radical (unpaired) electrons. The molecule has 0 amide bonds. The minimum Gasteiger partial charge on any atom is -0.363 e. The van der Waals surface area contributed by atoms with Crippen LogP contribution in [0.4, 0.5) is 0 Å². The van der Waals surface area contributed by atoms with E-state index in [0.717, 1.165) is 17.8 Å². The minimum absolute atomic E-state index is 0.0537. The third-order valence-electron chi connectivity index (χ3n) is 2.37. The van der Waals surface area contributed by atoms with Crippen molar-refractivity contribution in [2.24, 2.45) is 10.7 Å². The highest BCUT2D eigenvalue weighted by atomic mass is 35.5. The second kappa shape index (κ2) is 9.92. The van der Waals surface area contributed by atoms with Crippen LogP contribution in [0.25, 0.3) is 0 Å². The van der Waals surface area contributed by atoms with E-state index < -0.39 is 0 Å². The van der Waals surface area contributed by atoms with Crippen LogP contribution in [0.3, 0.4) is 0 Å². The van der Waals surface area contributed by atoms with E-state index in [1.54, 1.807) is 6.21 Å². The molecule has 0 aromatic heterocycles. The molecule has 0 heterocycles. The van der Waals surface area contributed by atoms with E-state index in [4.69, 9.17) is 17.3 Å². The van der Waals surface area contributed by atoms with Gasteiger partial charge in [0.25, 0.3) is 0 Å². The van der Waals surface area contributed by atoms with Crippen molar-refractivity contribution in [3.05, 3.63) is 35.7 Å². The second-order valence-corrected chi connectivity index (χ2v) is 4.35. The number of allylic oxidation sites excluding steroid dienone is 2. The monoisotopic (exact) mass is 269 g/mol. The first-order valence-electron chi connectivity index (χ1n) is 6.07. The maximum atomic E-state index is 6.14. The molecule has 0 aromatic rings. The third kappa shape index (κ3) is 6.62. The van der Waals surface area contributed by atoms with Crippen molar-refractivity contribution in [1.82, 2.24) is 4.90 Å². The molecular formula is C14H24ClN3. The number of hydrogen-bond acceptors (Lipinski definition) is 3. The first kappa shape index (κ1) is 16.9. The average molecular weight is 270 g/mol. The Morgan fingerprint density at radius 2 is 2.00 bits per heavy atom. The summed E-state index contributed by atoms with van der Waals surface area (Å²) >= 11 is 5.73. The molecule has 0 spiro atoms. The molecule has 1 unspecified atom stereocenters. The van der Waals surface area contributed by atoms with Crippen molar-refractivity contribution in [3.8, 4) is 0 Å². The molecule has 0 aliphatic rings. The molecule has 2 N–H and O–H groups in total. The summed E-state index contributed by atoms with van der Waals surface area (Å²) in [7, 11) is 3.93. The van der Waals surface area contributed by atoms with Gasteiger partial charge in [0.1, 0.15) is 5.82 Å². The van der Waals surface area contributed by atoms with Gasteiger partial charge in [-0.2, -0.15) is 0 Å². The topological polar surface area (TPSA) is 41.6 Å². The van der Waals surface area contributed by atoms with Crippen LogP contribution in [0.2, 0.25) is 0 Å². The van der Waals surface area contributed by atoms with Crippen molar-refractivity contribution < 1.29 is 0 Å².